The van der Waals surface area contributed by atoms with Gasteiger partial charge in [0.05, 0.1) is 5.02 Å². The lowest BCUT2D eigenvalue weighted by molar-refractivity contribution is -0.142. The van der Waals surface area contributed by atoms with E-state index in [4.69, 9.17) is 21.4 Å². The van der Waals surface area contributed by atoms with Gasteiger partial charge in [-0.1, -0.05) is 11.6 Å². The molecule has 1 aromatic carbocycles. The highest BCUT2D eigenvalue weighted by atomic mass is 35.5. The Morgan fingerprint density at radius 1 is 1.53 bits per heavy atom. The van der Waals surface area contributed by atoms with Crippen LogP contribution in [0.15, 0.2) is 18.2 Å². The van der Waals surface area contributed by atoms with Crippen molar-refractivity contribution in [1.29, 1.82) is 0 Å². The number of carbonyl (C=O) groups excluding carboxylic acids is 2. The average molecular weight is 286 g/mol. The number of ether oxygens (including phenoxy) is 1. The zero-order chi connectivity index (χ0) is 14.4. The van der Waals surface area contributed by atoms with E-state index in [0.29, 0.717) is 11.8 Å². The summed E-state index contributed by atoms with van der Waals surface area (Å²) in [6, 6.07) is 3.18. The van der Waals surface area contributed by atoms with Crippen LogP contribution in [0.5, 0.6) is 5.75 Å². The number of amides is 1. The van der Waals surface area contributed by atoms with E-state index in [2.05, 4.69) is 5.32 Å². The fourth-order valence-corrected chi connectivity index (χ4v) is 1.54. The van der Waals surface area contributed by atoms with Gasteiger partial charge in [-0.25, -0.2) is 4.79 Å². The summed E-state index contributed by atoms with van der Waals surface area (Å²) in [5, 5.41) is 11.3. The van der Waals surface area contributed by atoms with Gasteiger partial charge in [-0.05, 0) is 18.2 Å². The van der Waals surface area contributed by atoms with Gasteiger partial charge in [0.2, 0.25) is 5.91 Å². The van der Waals surface area contributed by atoms with Crippen LogP contribution >= 0.6 is 11.6 Å². The van der Waals surface area contributed by atoms with Gasteiger partial charge in [-0.15, -0.1) is 0 Å². The Labute approximate surface area is 114 Å². The van der Waals surface area contributed by atoms with E-state index < -0.39 is 17.9 Å². The number of benzene rings is 1. The molecule has 1 aromatic rings. The quantitative estimate of drug-likeness (QED) is 0.764. The van der Waals surface area contributed by atoms with Crippen molar-refractivity contribution in [3.05, 3.63) is 28.8 Å². The van der Waals surface area contributed by atoms with E-state index in [9.17, 15) is 14.4 Å². The fourth-order valence-electron chi connectivity index (χ4n) is 1.30. The lowest BCUT2D eigenvalue weighted by Crippen LogP contribution is -2.43. The number of carbonyl (C=O) groups is 3. The molecule has 102 valence electrons. The first-order valence-electron chi connectivity index (χ1n) is 5.31. The molecule has 0 heterocycles. The second-order valence-corrected chi connectivity index (χ2v) is 4.12. The van der Waals surface area contributed by atoms with Gasteiger partial charge in [0.15, 0.2) is 6.04 Å². The van der Waals surface area contributed by atoms with Crippen molar-refractivity contribution in [3.63, 3.8) is 0 Å². The molecule has 0 aromatic heterocycles. The van der Waals surface area contributed by atoms with Crippen molar-refractivity contribution in [2.24, 2.45) is 0 Å². The number of carboxylic acid groups (broad SMARTS) is 1. The highest BCUT2D eigenvalue weighted by molar-refractivity contribution is 6.32. The molecular formula is C12H12ClNO5. The van der Waals surface area contributed by atoms with E-state index in [1.807, 2.05) is 0 Å². The summed E-state index contributed by atoms with van der Waals surface area (Å²) in [5.41, 5.74) is 0.383. The van der Waals surface area contributed by atoms with E-state index in [0.717, 1.165) is 0 Å². The number of hydrogen-bond donors (Lipinski definition) is 2. The molecular weight excluding hydrogens is 274 g/mol. The van der Waals surface area contributed by atoms with Crippen molar-refractivity contribution >= 4 is 29.8 Å². The SMILES string of the molecule is CC(=O)NC(COc1ccc(C=O)cc1Cl)C(=O)O. The summed E-state index contributed by atoms with van der Waals surface area (Å²) in [6.07, 6.45) is 0.632. The minimum atomic E-state index is -1.21. The highest BCUT2D eigenvalue weighted by Gasteiger charge is 2.19. The third-order valence-corrected chi connectivity index (χ3v) is 2.47. The number of hydrogen-bond acceptors (Lipinski definition) is 4. The lowest BCUT2D eigenvalue weighted by Gasteiger charge is -2.15. The van der Waals surface area contributed by atoms with Crippen molar-refractivity contribution < 1.29 is 24.2 Å². The minimum Gasteiger partial charge on any atom is -0.489 e. The molecule has 1 rings (SSSR count). The standard InChI is InChI=1S/C12H12ClNO5/c1-7(16)14-10(12(17)18)6-19-11-3-2-8(5-15)4-9(11)13/h2-5,10H,6H2,1H3,(H,14,16)(H,17,18). The summed E-state index contributed by atoms with van der Waals surface area (Å²) in [5.74, 6) is -1.45. The number of aliphatic carboxylic acids is 1. The van der Waals surface area contributed by atoms with Crippen LogP contribution in [-0.4, -0.2) is 35.9 Å². The molecule has 0 bridgehead atoms. The van der Waals surface area contributed by atoms with Gasteiger partial charge in [-0.2, -0.15) is 0 Å². The number of carboxylic acids is 1. The number of rotatable bonds is 6. The summed E-state index contributed by atoms with van der Waals surface area (Å²) >= 11 is 5.86. The van der Waals surface area contributed by atoms with Crippen LogP contribution in [0.3, 0.4) is 0 Å². The maximum atomic E-state index is 10.9. The first-order valence-corrected chi connectivity index (χ1v) is 5.69. The van der Waals surface area contributed by atoms with Crippen LogP contribution in [0.1, 0.15) is 17.3 Å². The monoisotopic (exact) mass is 285 g/mol. The first-order chi connectivity index (χ1) is 8.93. The van der Waals surface area contributed by atoms with Gasteiger partial charge in [0.1, 0.15) is 18.6 Å². The van der Waals surface area contributed by atoms with Crippen LogP contribution in [-0.2, 0) is 9.59 Å². The molecule has 1 unspecified atom stereocenters. The molecule has 0 aliphatic rings. The van der Waals surface area contributed by atoms with E-state index in [1.54, 1.807) is 0 Å². The number of halogens is 1. The zero-order valence-electron chi connectivity index (χ0n) is 10.1. The molecule has 0 saturated heterocycles. The van der Waals surface area contributed by atoms with Gasteiger partial charge in [0, 0.05) is 12.5 Å². The van der Waals surface area contributed by atoms with Gasteiger partial charge in [-0.3, -0.25) is 9.59 Å². The van der Waals surface area contributed by atoms with Crippen LogP contribution in [0, 0.1) is 0 Å². The second kappa shape index (κ2) is 6.75. The summed E-state index contributed by atoms with van der Waals surface area (Å²) in [6.45, 7) is 0.941. The zero-order valence-corrected chi connectivity index (χ0v) is 10.8. The fraction of sp³-hybridized carbons (Fsp3) is 0.250. The molecule has 0 radical (unpaired) electrons. The smallest absolute Gasteiger partial charge is 0.329 e. The molecule has 1 atom stereocenters. The van der Waals surface area contributed by atoms with E-state index in [1.165, 1.54) is 25.1 Å². The largest absolute Gasteiger partial charge is 0.489 e. The van der Waals surface area contributed by atoms with E-state index >= 15 is 0 Å². The summed E-state index contributed by atoms with van der Waals surface area (Å²) < 4.78 is 5.22. The van der Waals surface area contributed by atoms with Gasteiger partial charge >= 0.3 is 5.97 Å². The second-order valence-electron chi connectivity index (χ2n) is 3.71. The molecule has 1 amide bonds. The van der Waals surface area contributed by atoms with Crippen LogP contribution in [0.25, 0.3) is 0 Å². The van der Waals surface area contributed by atoms with Crippen LogP contribution in [0.4, 0.5) is 0 Å². The summed E-state index contributed by atoms with van der Waals surface area (Å²) in [4.78, 5) is 32.2. The van der Waals surface area contributed by atoms with Gasteiger partial charge in [0.25, 0.3) is 0 Å². The predicted molar refractivity (Wildman–Crippen MR) is 67.6 cm³/mol. The Bertz CT molecular complexity index is 503. The molecule has 0 aliphatic heterocycles. The topological polar surface area (TPSA) is 92.7 Å². The average Bonchev–Trinajstić information content (AvgIpc) is 2.34. The third-order valence-electron chi connectivity index (χ3n) is 2.17. The Morgan fingerprint density at radius 3 is 2.68 bits per heavy atom. The van der Waals surface area contributed by atoms with E-state index in [-0.39, 0.29) is 17.4 Å². The van der Waals surface area contributed by atoms with Crippen LogP contribution in [0.2, 0.25) is 5.02 Å². The Hall–Kier alpha value is -2.08. The first kappa shape index (κ1) is 15.0. The van der Waals surface area contributed by atoms with Crippen molar-refractivity contribution in [3.8, 4) is 5.75 Å². The highest BCUT2D eigenvalue weighted by Crippen LogP contribution is 2.24. The molecule has 2 N–H and O–H groups in total. The maximum absolute atomic E-state index is 10.9. The maximum Gasteiger partial charge on any atom is 0.329 e. The molecule has 0 aliphatic carbocycles. The molecule has 7 heteroatoms. The normalized spacial score (nSPS) is 11.5. The molecule has 0 spiro atoms. The minimum absolute atomic E-state index is 0.191. The molecule has 19 heavy (non-hydrogen) atoms. The summed E-state index contributed by atoms with van der Waals surface area (Å²) in [7, 11) is 0. The van der Waals surface area contributed by atoms with Crippen molar-refractivity contribution in [2.45, 2.75) is 13.0 Å². The number of aldehydes is 1. The Kier molecular flexibility index (Phi) is 5.32. The molecule has 0 fully saturated rings. The molecule has 0 saturated carbocycles. The van der Waals surface area contributed by atoms with Crippen LogP contribution < -0.4 is 10.1 Å². The van der Waals surface area contributed by atoms with Crippen molar-refractivity contribution in [2.75, 3.05) is 6.61 Å². The Balaban J connectivity index is 2.71. The molecule has 6 nitrogen and oxygen atoms in total. The van der Waals surface area contributed by atoms with Gasteiger partial charge < -0.3 is 15.2 Å². The van der Waals surface area contributed by atoms with Crippen molar-refractivity contribution in [1.82, 2.24) is 5.32 Å². The number of nitrogens with one attached hydrogen (secondary N) is 1. The lowest BCUT2D eigenvalue weighted by atomic mass is 10.2. The predicted octanol–water partition coefficient (Wildman–Crippen LogP) is 1.12. The Morgan fingerprint density at radius 2 is 2.21 bits per heavy atom. The third kappa shape index (κ3) is 4.59.